The highest BCUT2D eigenvalue weighted by Crippen LogP contribution is 2.30. The molecule has 0 unspecified atom stereocenters. The molecule has 0 fully saturated rings. The molecule has 2 aromatic heterocycles. The number of H-pyrrole nitrogens is 1. The van der Waals surface area contributed by atoms with Crippen molar-refractivity contribution in [2.75, 3.05) is 0 Å². The van der Waals surface area contributed by atoms with E-state index in [1.54, 1.807) is 0 Å². The third-order valence-electron chi connectivity index (χ3n) is 3.17. The molecule has 1 aliphatic carbocycles. The number of thiophene rings is 1. The van der Waals surface area contributed by atoms with Crippen molar-refractivity contribution in [3.05, 3.63) is 49.6 Å². The molecule has 21 heavy (non-hydrogen) atoms. The van der Waals surface area contributed by atoms with Crippen LogP contribution in [0.15, 0.2) is 23.0 Å². The van der Waals surface area contributed by atoms with Crippen molar-refractivity contribution >= 4 is 23.2 Å². The standard InChI is InChI=1S/C13H12N4O3S/c18-11-5-4-8(14-15-11)12(19)16-17-13(20)10-6-7-2-1-3-9(7)21-10/h4-6H,1-3H2,(H,15,18)(H,16,19)(H,17,20). The number of carbonyl (C=O) groups excluding carboxylic acids is 2. The van der Waals surface area contributed by atoms with Crippen molar-refractivity contribution in [2.45, 2.75) is 19.3 Å². The zero-order chi connectivity index (χ0) is 14.8. The Hall–Kier alpha value is -2.48. The van der Waals surface area contributed by atoms with E-state index >= 15 is 0 Å². The number of rotatable bonds is 2. The van der Waals surface area contributed by atoms with Gasteiger partial charge >= 0.3 is 0 Å². The lowest BCUT2D eigenvalue weighted by molar-refractivity contribution is 0.0845. The fourth-order valence-electron chi connectivity index (χ4n) is 2.15. The van der Waals surface area contributed by atoms with E-state index in [2.05, 4.69) is 21.0 Å². The summed E-state index contributed by atoms with van der Waals surface area (Å²) in [4.78, 5) is 36.3. The Morgan fingerprint density at radius 3 is 2.71 bits per heavy atom. The number of fused-ring (bicyclic) bond motifs is 1. The van der Waals surface area contributed by atoms with E-state index in [9.17, 15) is 14.4 Å². The molecule has 0 radical (unpaired) electrons. The lowest BCUT2D eigenvalue weighted by Crippen LogP contribution is -2.41. The van der Waals surface area contributed by atoms with Crippen LogP contribution in [0.4, 0.5) is 0 Å². The van der Waals surface area contributed by atoms with Crippen molar-refractivity contribution in [1.29, 1.82) is 0 Å². The van der Waals surface area contributed by atoms with Crippen LogP contribution >= 0.6 is 11.3 Å². The van der Waals surface area contributed by atoms with E-state index in [0.29, 0.717) is 4.88 Å². The second-order valence-electron chi connectivity index (χ2n) is 4.63. The lowest BCUT2D eigenvalue weighted by Gasteiger charge is -2.05. The monoisotopic (exact) mass is 304 g/mol. The van der Waals surface area contributed by atoms with Gasteiger partial charge in [0.15, 0.2) is 5.69 Å². The van der Waals surface area contributed by atoms with Crippen LogP contribution in [-0.4, -0.2) is 22.0 Å². The first-order valence-corrected chi connectivity index (χ1v) is 7.23. The number of nitrogens with zero attached hydrogens (tertiary/aromatic N) is 1. The number of amides is 2. The van der Waals surface area contributed by atoms with Gasteiger partial charge in [0.25, 0.3) is 17.4 Å². The molecule has 0 saturated carbocycles. The van der Waals surface area contributed by atoms with Crippen LogP contribution in [0, 0.1) is 0 Å². The van der Waals surface area contributed by atoms with Gasteiger partial charge in [0, 0.05) is 10.9 Å². The highest BCUT2D eigenvalue weighted by Gasteiger charge is 2.19. The predicted molar refractivity (Wildman–Crippen MR) is 76.1 cm³/mol. The third kappa shape index (κ3) is 2.84. The minimum absolute atomic E-state index is 0.0172. The third-order valence-corrected chi connectivity index (χ3v) is 4.41. The Morgan fingerprint density at radius 1 is 1.19 bits per heavy atom. The molecule has 3 rings (SSSR count). The Kier molecular flexibility index (Phi) is 3.53. The van der Waals surface area contributed by atoms with Crippen LogP contribution < -0.4 is 16.4 Å². The Morgan fingerprint density at radius 2 is 2.00 bits per heavy atom. The van der Waals surface area contributed by atoms with Crippen LogP contribution in [0.5, 0.6) is 0 Å². The number of aryl methyl sites for hydroxylation is 2. The molecule has 2 aromatic rings. The smallest absolute Gasteiger partial charge is 0.268 e. The second-order valence-corrected chi connectivity index (χ2v) is 5.76. The molecular formula is C13H12N4O3S. The molecule has 8 heteroatoms. The summed E-state index contributed by atoms with van der Waals surface area (Å²) in [5.41, 5.74) is 5.44. The van der Waals surface area contributed by atoms with Crippen LogP contribution in [0.3, 0.4) is 0 Å². The molecule has 7 nitrogen and oxygen atoms in total. The molecular weight excluding hydrogens is 292 g/mol. The maximum Gasteiger partial charge on any atom is 0.290 e. The number of carbonyl (C=O) groups is 2. The van der Waals surface area contributed by atoms with Crippen LogP contribution in [0.25, 0.3) is 0 Å². The molecule has 108 valence electrons. The van der Waals surface area contributed by atoms with E-state index in [4.69, 9.17) is 0 Å². The minimum atomic E-state index is -0.594. The van der Waals surface area contributed by atoms with Gasteiger partial charge in [-0.3, -0.25) is 25.2 Å². The van der Waals surface area contributed by atoms with Gasteiger partial charge in [-0.2, -0.15) is 5.10 Å². The van der Waals surface area contributed by atoms with Crippen molar-refractivity contribution in [1.82, 2.24) is 21.0 Å². The Labute approximate surface area is 123 Å². The van der Waals surface area contributed by atoms with E-state index in [0.717, 1.165) is 19.3 Å². The van der Waals surface area contributed by atoms with E-state index in [1.807, 2.05) is 6.07 Å². The first-order chi connectivity index (χ1) is 10.1. The summed E-state index contributed by atoms with van der Waals surface area (Å²) in [6.45, 7) is 0. The highest BCUT2D eigenvalue weighted by atomic mass is 32.1. The number of hydrazine groups is 1. The van der Waals surface area contributed by atoms with Gasteiger partial charge in [-0.1, -0.05) is 0 Å². The van der Waals surface area contributed by atoms with Crippen molar-refractivity contribution < 1.29 is 9.59 Å². The molecule has 2 amide bonds. The zero-order valence-electron chi connectivity index (χ0n) is 10.9. The molecule has 0 aliphatic heterocycles. The van der Waals surface area contributed by atoms with Crippen LogP contribution in [0.1, 0.15) is 37.0 Å². The molecule has 0 aromatic carbocycles. The average Bonchev–Trinajstić information content (AvgIpc) is 3.06. The topological polar surface area (TPSA) is 104 Å². The predicted octanol–water partition coefficient (Wildman–Crippen LogP) is 0.395. The van der Waals surface area contributed by atoms with Gasteiger partial charge in [-0.05, 0) is 37.0 Å². The van der Waals surface area contributed by atoms with E-state index < -0.39 is 11.5 Å². The molecule has 0 bridgehead atoms. The van der Waals surface area contributed by atoms with Gasteiger partial charge in [0.2, 0.25) is 0 Å². The Bertz CT molecular complexity index is 723. The first-order valence-electron chi connectivity index (χ1n) is 6.41. The first kappa shape index (κ1) is 13.5. The number of hydrogen-bond donors (Lipinski definition) is 3. The summed E-state index contributed by atoms with van der Waals surface area (Å²) in [7, 11) is 0. The number of aromatic amines is 1. The zero-order valence-corrected chi connectivity index (χ0v) is 11.8. The molecule has 2 heterocycles. The molecule has 3 N–H and O–H groups in total. The molecule has 0 spiro atoms. The Balaban J connectivity index is 1.61. The molecule has 1 aliphatic rings. The summed E-state index contributed by atoms with van der Waals surface area (Å²) >= 11 is 1.45. The summed E-state index contributed by atoms with van der Waals surface area (Å²) in [5.74, 6) is -0.948. The van der Waals surface area contributed by atoms with Crippen molar-refractivity contribution in [3.8, 4) is 0 Å². The van der Waals surface area contributed by atoms with Crippen LogP contribution in [0.2, 0.25) is 0 Å². The summed E-state index contributed by atoms with van der Waals surface area (Å²) in [6.07, 6.45) is 3.16. The molecule has 0 saturated heterocycles. The minimum Gasteiger partial charge on any atom is -0.268 e. The van der Waals surface area contributed by atoms with E-state index in [1.165, 1.54) is 33.9 Å². The van der Waals surface area contributed by atoms with Gasteiger partial charge < -0.3 is 0 Å². The summed E-state index contributed by atoms with van der Waals surface area (Å²) in [6, 6.07) is 4.33. The van der Waals surface area contributed by atoms with Crippen molar-refractivity contribution in [2.24, 2.45) is 0 Å². The van der Waals surface area contributed by atoms with Gasteiger partial charge in [-0.25, -0.2) is 5.10 Å². The van der Waals surface area contributed by atoms with Crippen LogP contribution in [-0.2, 0) is 12.8 Å². The quantitative estimate of drug-likeness (QED) is 0.698. The van der Waals surface area contributed by atoms with Crippen molar-refractivity contribution in [3.63, 3.8) is 0 Å². The van der Waals surface area contributed by atoms with E-state index in [-0.39, 0.29) is 11.6 Å². The normalized spacial score (nSPS) is 12.8. The maximum atomic E-state index is 11.9. The SMILES string of the molecule is O=C(NNC(=O)c1cc2c(s1)CCC2)c1ccc(=O)[nH]n1. The summed E-state index contributed by atoms with van der Waals surface area (Å²) < 4.78 is 0. The second kappa shape index (κ2) is 5.49. The molecule has 0 atom stereocenters. The average molecular weight is 304 g/mol. The van der Waals surface area contributed by atoms with Gasteiger partial charge in [0.05, 0.1) is 4.88 Å². The number of aromatic nitrogens is 2. The highest BCUT2D eigenvalue weighted by molar-refractivity contribution is 7.14. The van der Waals surface area contributed by atoms with Gasteiger partial charge in [0.1, 0.15) is 0 Å². The number of nitrogens with one attached hydrogen (secondary N) is 3. The maximum absolute atomic E-state index is 11.9. The largest absolute Gasteiger partial charge is 0.290 e. The fourth-order valence-corrected chi connectivity index (χ4v) is 3.30. The lowest BCUT2D eigenvalue weighted by atomic mass is 10.2. The van der Waals surface area contributed by atoms with Gasteiger partial charge in [-0.15, -0.1) is 11.3 Å². The number of hydrogen-bond acceptors (Lipinski definition) is 5. The fraction of sp³-hybridized carbons (Fsp3) is 0.231. The summed E-state index contributed by atoms with van der Waals surface area (Å²) in [5, 5.41) is 5.72.